The third-order valence-corrected chi connectivity index (χ3v) is 2.90. The molecule has 1 rings (SSSR count). The van der Waals surface area contributed by atoms with E-state index in [2.05, 4.69) is 4.74 Å². The second-order valence-electron chi connectivity index (χ2n) is 4.19. The van der Waals surface area contributed by atoms with Crippen LogP contribution in [0.5, 0.6) is 0 Å². The summed E-state index contributed by atoms with van der Waals surface area (Å²) < 4.78 is 4.58. The number of alkyl halides is 1. The van der Waals surface area contributed by atoms with Gasteiger partial charge in [-0.1, -0.05) is 30.3 Å². The van der Waals surface area contributed by atoms with Gasteiger partial charge in [-0.25, -0.2) is 4.79 Å². The first-order valence-electron chi connectivity index (χ1n) is 6.17. The maximum Gasteiger partial charge on any atom is 0.332 e. The Bertz CT molecular complexity index is 475. The first-order chi connectivity index (χ1) is 9.52. The van der Waals surface area contributed by atoms with E-state index in [1.165, 1.54) is 0 Å². The van der Waals surface area contributed by atoms with E-state index in [0.29, 0.717) is 0 Å². The Hall–Kier alpha value is -1.72. The number of carbonyl (C=O) groups excluding carboxylic acids is 3. The fraction of sp³-hybridized carbons (Fsp3) is 0.357. The first kappa shape index (κ1) is 16.3. The molecule has 1 unspecified atom stereocenters. The van der Waals surface area contributed by atoms with Crippen molar-refractivity contribution in [2.75, 3.05) is 6.54 Å². The van der Waals surface area contributed by atoms with Crippen molar-refractivity contribution in [1.82, 2.24) is 0 Å². The van der Waals surface area contributed by atoms with Gasteiger partial charge in [0.05, 0.1) is 13.0 Å². The SMILES string of the molecule is NCC(=O)CCC(=O)OC(=O)C(Cl)Cc1ccccc1. The van der Waals surface area contributed by atoms with E-state index in [1.807, 2.05) is 30.3 Å². The molecule has 0 bridgehead atoms. The minimum absolute atomic E-state index is 0.0335. The van der Waals surface area contributed by atoms with Crippen molar-refractivity contribution >= 4 is 29.3 Å². The van der Waals surface area contributed by atoms with Crippen LogP contribution in [0.25, 0.3) is 0 Å². The lowest BCUT2D eigenvalue weighted by Gasteiger charge is -2.08. The highest BCUT2D eigenvalue weighted by molar-refractivity contribution is 6.30. The van der Waals surface area contributed by atoms with Gasteiger partial charge >= 0.3 is 11.9 Å². The zero-order chi connectivity index (χ0) is 15.0. The molecule has 0 saturated heterocycles. The summed E-state index contributed by atoms with van der Waals surface area (Å²) in [6.07, 6.45) is 0.0706. The number of ether oxygens (including phenoxy) is 1. The number of benzene rings is 1. The molecule has 1 aromatic rings. The largest absolute Gasteiger partial charge is 0.392 e. The Balaban J connectivity index is 2.38. The molecule has 0 heterocycles. The van der Waals surface area contributed by atoms with E-state index in [1.54, 1.807) is 0 Å². The summed E-state index contributed by atoms with van der Waals surface area (Å²) in [5.41, 5.74) is 5.97. The Morgan fingerprint density at radius 1 is 1.15 bits per heavy atom. The quantitative estimate of drug-likeness (QED) is 0.464. The molecule has 108 valence electrons. The van der Waals surface area contributed by atoms with E-state index < -0.39 is 17.3 Å². The summed E-state index contributed by atoms with van der Waals surface area (Å²) in [5.74, 6) is -1.84. The van der Waals surface area contributed by atoms with Crippen LogP contribution in [0.3, 0.4) is 0 Å². The predicted octanol–water partition coefficient (Wildman–Crippen LogP) is 1.21. The van der Waals surface area contributed by atoms with Gasteiger partial charge in [-0.15, -0.1) is 11.6 Å². The summed E-state index contributed by atoms with van der Waals surface area (Å²) in [5, 5.41) is -0.938. The maximum atomic E-state index is 11.6. The lowest BCUT2D eigenvalue weighted by Crippen LogP contribution is -2.24. The molecule has 0 radical (unpaired) electrons. The van der Waals surface area contributed by atoms with E-state index in [9.17, 15) is 14.4 Å². The molecule has 1 atom stereocenters. The van der Waals surface area contributed by atoms with E-state index >= 15 is 0 Å². The smallest absolute Gasteiger partial charge is 0.332 e. The first-order valence-corrected chi connectivity index (χ1v) is 6.61. The average Bonchev–Trinajstić information content (AvgIpc) is 2.45. The number of hydrogen-bond donors (Lipinski definition) is 1. The number of hydrogen-bond acceptors (Lipinski definition) is 5. The normalized spacial score (nSPS) is 11.7. The summed E-state index contributed by atoms with van der Waals surface area (Å²) in [4.78, 5) is 33.9. The molecule has 1 aromatic carbocycles. The van der Waals surface area contributed by atoms with Gasteiger partial charge in [0.25, 0.3) is 0 Å². The molecule has 0 aromatic heterocycles. The lowest BCUT2D eigenvalue weighted by molar-refractivity contribution is -0.159. The van der Waals surface area contributed by atoms with Gasteiger partial charge in [0.2, 0.25) is 0 Å². The summed E-state index contributed by atoms with van der Waals surface area (Å²) in [6.45, 7) is -0.132. The van der Waals surface area contributed by atoms with Gasteiger partial charge < -0.3 is 10.5 Å². The Morgan fingerprint density at radius 3 is 2.40 bits per heavy atom. The highest BCUT2D eigenvalue weighted by Gasteiger charge is 2.21. The Labute approximate surface area is 122 Å². The molecule has 0 saturated carbocycles. The molecule has 0 aliphatic rings. The summed E-state index contributed by atoms with van der Waals surface area (Å²) >= 11 is 5.89. The third-order valence-electron chi connectivity index (χ3n) is 2.56. The number of rotatable bonds is 7. The molecule has 20 heavy (non-hydrogen) atoms. The highest BCUT2D eigenvalue weighted by Crippen LogP contribution is 2.10. The molecule has 5 nitrogen and oxygen atoms in total. The number of esters is 2. The van der Waals surface area contributed by atoms with Crippen LogP contribution in [0.4, 0.5) is 0 Å². The van der Waals surface area contributed by atoms with Gasteiger partial charge in [-0.05, 0) is 12.0 Å². The summed E-state index contributed by atoms with van der Waals surface area (Å²) in [6, 6.07) is 9.15. The zero-order valence-electron chi connectivity index (χ0n) is 10.9. The van der Waals surface area contributed by atoms with E-state index in [0.717, 1.165) is 5.56 Å². The summed E-state index contributed by atoms with van der Waals surface area (Å²) in [7, 11) is 0. The fourth-order valence-corrected chi connectivity index (χ4v) is 1.70. The Kier molecular flexibility index (Phi) is 6.90. The molecule has 0 amide bonds. The van der Waals surface area contributed by atoms with Crippen molar-refractivity contribution in [3.63, 3.8) is 0 Å². The van der Waals surface area contributed by atoms with E-state index in [4.69, 9.17) is 17.3 Å². The van der Waals surface area contributed by atoms with Gasteiger partial charge in [0, 0.05) is 6.42 Å². The van der Waals surface area contributed by atoms with Gasteiger partial charge in [-0.2, -0.15) is 0 Å². The van der Waals surface area contributed by atoms with Crippen LogP contribution in [-0.4, -0.2) is 29.6 Å². The highest BCUT2D eigenvalue weighted by atomic mass is 35.5. The standard InChI is InChI=1S/C14H16ClNO4/c15-12(8-10-4-2-1-3-5-10)14(19)20-13(18)7-6-11(17)9-16/h1-5,12H,6-9,16H2. The van der Waals surface area contributed by atoms with Crippen LogP contribution >= 0.6 is 11.6 Å². The second kappa shape index (κ2) is 8.45. The monoisotopic (exact) mass is 297 g/mol. The van der Waals surface area contributed by atoms with Gasteiger partial charge in [-0.3, -0.25) is 9.59 Å². The van der Waals surface area contributed by atoms with Crippen LogP contribution in [-0.2, 0) is 25.5 Å². The third kappa shape index (κ3) is 5.95. The molecule has 0 aliphatic carbocycles. The van der Waals surface area contributed by atoms with Crippen molar-refractivity contribution in [3.05, 3.63) is 35.9 Å². The molecular weight excluding hydrogens is 282 g/mol. The van der Waals surface area contributed by atoms with Crippen molar-refractivity contribution < 1.29 is 19.1 Å². The lowest BCUT2D eigenvalue weighted by atomic mass is 10.1. The average molecular weight is 298 g/mol. The van der Waals surface area contributed by atoms with Gasteiger partial charge in [0.1, 0.15) is 11.2 Å². The number of halogens is 1. The van der Waals surface area contributed by atoms with Crippen molar-refractivity contribution in [3.8, 4) is 0 Å². The minimum atomic E-state index is -0.938. The number of ketones is 1. The number of Topliss-reactive ketones (excluding diaryl/α,β-unsaturated/α-hetero) is 1. The van der Waals surface area contributed by atoms with Crippen molar-refractivity contribution in [2.24, 2.45) is 5.73 Å². The number of nitrogens with two attached hydrogens (primary N) is 1. The van der Waals surface area contributed by atoms with Crippen molar-refractivity contribution in [2.45, 2.75) is 24.6 Å². The topological polar surface area (TPSA) is 86.5 Å². The minimum Gasteiger partial charge on any atom is -0.392 e. The molecule has 0 fully saturated rings. The van der Waals surface area contributed by atoms with Crippen LogP contribution in [0, 0.1) is 0 Å². The van der Waals surface area contributed by atoms with Crippen LogP contribution in [0.1, 0.15) is 18.4 Å². The van der Waals surface area contributed by atoms with Crippen molar-refractivity contribution in [1.29, 1.82) is 0 Å². The molecule has 6 heteroatoms. The van der Waals surface area contributed by atoms with Crippen LogP contribution in [0.2, 0.25) is 0 Å². The molecular formula is C14H16ClNO4. The predicted molar refractivity (Wildman–Crippen MR) is 74.2 cm³/mol. The van der Waals surface area contributed by atoms with Crippen LogP contribution < -0.4 is 5.73 Å². The second-order valence-corrected chi connectivity index (χ2v) is 4.72. The van der Waals surface area contributed by atoms with E-state index in [-0.39, 0.29) is 31.6 Å². The van der Waals surface area contributed by atoms with Gasteiger partial charge in [0.15, 0.2) is 0 Å². The van der Waals surface area contributed by atoms with Crippen LogP contribution in [0.15, 0.2) is 30.3 Å². The molecule has 0 spiro atoms. The fourth-order valence-electron chi connectivity index (χ4n) is 1.48. The molecule has 2 N–H and O–H groups in total. The maximum absolute atomic E-state index is 11.6. The number of carbonyl (C=O) groups is 3. The Morgan fingerprint density at radius 2 is 1.80 bits per heavy atom. The zero-order valence-corrected chi connectivity index (χ0v) is 11.6. The molecule has 0 aliphatic heterocycles.